The summed E-state index contributed by atoms with van der Waals surface area (Å²) in [7, 11) is 0. The Morgan fingerprint density at radius 1 is 1.16 bits per heavy atom. The second-order valence-electron chi connectivity index (χ2n) is 3.66. The summed E-state index contributed by atoms with van der Waals surface area (Å²) >= 11 is 11.4. The van der Waals surface area contributed by atoms with Crippen molar-refractivity contribution in [2.45, 2.75) is 0 Å². The lowest BCUT2D eigenvalue weighted by Gasteiger charge is -2.07. The Morgan fingerprint density at radius 3 is 2.53 bits per heavy atom. The van der Waals surface area contributed by atoms with Crippen LogP contribution in [0.4, 0.5) is 5.69 Å². The quantitative estimate of drug-likeness (QED) is 0.880. The first-order valence-electron chi connectivity index (χ1n) is 5.43. The molecule has 0 aliphatic carbocycles. The van der Waals surface area contributed by atoms with Crippen molar-refractivity contribution >= 4 is 34.8 Å². The maximum absolute atomic E-state index is 11.6. The molecule has 0 aliphatic rings. The van der Waals surface area contributed by atoms with Gasteiger partial charge in [0.15, 0.2) is 6.61 Å². The van der Waals surface area contributed by atoms with Crippen LogP contribution >= 0.6 is 23.2 Å². The van der Waals surface area contributed by atoms with E-state index < -0.39 is 0 Å². The van der Waals surface area contributed by atoms with Crippen LogP contribution < -0.4 is 10.1 Å². The van der Waals surface area contributed by atoms with Gasteiger partial charge in [-0.2, -0.15) is 0 Å². The smallest absolute Gasteiger partial charge is 0.262 e. The molecule has 6 heteroatoms. The Labute approximate surface area is 120 Å². The van der Waals surface area contributed by atoms with Crippen molar-refractivity contribution in [3.8, 4) is 5.75 Å². The number of nitrogens with one attached hydrogen (secondary N) is 1. The molecule has 0 aliphatic heterocycles. The first-order chi connectivity index (χ1) is 9.13. The zero-order valence-electron chi connectivity index (χ0n) is 9.77. The third-order valence-corrected chi connectivity index (χ3v) is 2.67. The van der Waals surface area contributed by atoms with Crippen LogP contribution in [0.3, 0.4) is 0 Å². The maximum Gasteiger partial charge on any atom is 0.262 e. The zero-order chi connectivity index (χ0) is 13.7. The van der Waals surface area contributed by atoms with E-state index in [0.29, 0.717) is 21.6 Å². The molecule has 1 aromatic heterocycles. The first-order valence-corrected chi connectivity index (χ1v) is 6.19. The van der Waals surface area contributed by atoms with Gasteiger partial charge in [0, 0.05) is 5.02 Å². The summed E-state index contributed by atoms with van der Waals surface area (Å²) in [5, 5.41) is 3.63. The molecule has 1 amide bonds. The summed E-state index contributed by atoms with van der Waals surface area (Å²) in [4.78, 5) is 15.5. The normalized spacial score (nSPS) is 10.0. The lowest BCUT2D eigenvalue weighted by molar-refractivity contribution is -0.118. The number of hydrogen-bond acceptors (Lipinski definition) is 3. The monoisotopic (exact) mass is 296 g/mol. The van der Waals surface area contributed by atoms with Crippen LogP contribution in [0.25, 0.3) is 0 Å². The number of rotatable bonds is 4. The van der Waals surface area contributed by atoms with Crippen LogP contribution in [0.5, 0.6) is 5.75 Å². The van der Waals surface area contributed by atoms with Gasteiger partial charge in [0.1, 0.15) is 10.9 Å². The predicted molar refractivity (Wildman–Crippen MR) is 74.8 cm³/mol. The lowest BCUT2D eigenvalue weighted by Crippen LogP contribution is -2.20. The van der Waals surface area contributed by atoms with Crippen LogP contribution in [0.15, 0.2) is 42.6 Å². The van der Waals surface area contributed by atoms with Crippen LogP contribution in [-0.2, 0) is 4.79 Å². The van der Waals surface area contributed by atoms with Gasteiger partial charge in [-0.25, -0.2) is 4.98 Å². The van der Waals surface area contributed by atoms with Gasteiger partial charge < -0.3 is 10.1 Å². The van der Waals surface area contributed by atoms with Gasteiger partial charge in [0.2, 0.25) is 0 Å². The Morgan fingerprint density at radius 2 is 1.89 bits per heavy atom. The summed E-state index contributed by atoms with van der Waals surface area (Å²) in [6.45, 7) is -0.0930. The number of nitrogens with zero attached hydrogens (tertiary/aromatic N) is 1. The van der Waals surface area contributed by atoms with Gasteiger partial charge >= 0.3 is 0 Å². The van der Waals surface area contributed by atoms with Crippen molar-refractivity contribution in [1.82, 2.24) is 4.98 Å². The van der Waals surface area contributed by atoms with Crippen molar-refractivity contribution in [2.24, 2.45) is 0 Å². The van der Waals surface area contributed by atoms with E-state index in [1.807, 2.05) is 0 Å². The Kier molecular flexibility index (Phi) is 4.60. The lowest BCUT2D eigenvalue weighted by atomic mass is 10.3. The van der Waals surface area contributed by atoms with Crippen molar-refractivity contribution in [3.05, 3.63) is 52.8 Å². The summed E-state index contributed by atoms with van der Waals surface area (Å²) < 4.78 is 5.30. The molecule has 0 radical (unpaired) electrons. The highest BCUT2D eigenvalue weighted by atomic mass is 35.5. The first kappa shape index (κ1) is 13.6. The average molecular weight is 297 g/mol. The van der Waals surface area contributed by atoms with Crippen molar-refractivity contribution < 1.29 is 9.53 Å². The number of anilines is 1. The average Bonchev–Trinajstić information content (AvgIpc) is 2.41. The predicted octanol–water partition coefficient (Wildman–Crippen LogP) is 3.41. The number of carbonyl (C=O) groups excluding carboxylic acids is 1. The van der Waals surface area contributed by atoms with Crippen molar-refractivity contribution in [2.75, 3.05) is 11.9 Å². The van der Waals surface area contributed by atoms with Gasteiger partial charge in [-0.15, -0.1) is 0 Å². The highest BCUT2D eigenvalue weighted by Crippen LogP contribution is 2.15. The Bertz CT molecular complexity index is 556. The molecule has 1 N–H and O–H groups in total. The van der Waals surface area contributed by atoms with E-state index in [9.17, 15) is 4.79 Å². The molecular weight excluding hydrogens is 287 g/mol. The second-order valence-corrected chi connectivity index (χ2v) is 4.48. The number of pyridine rings is 1. The number of halogens is 2. The van der Waals surface area contributed by atoms with Crippen LogP contribution in [-0.4, -0.2) is 17.5 Å². The number of ether oxygens (including phenoxy) is 1. The van der Waals surface area contributed by atoms with Gasteiger partial charge in [-0.1, -0.05) is 23.2 Å². The standard InChI is InChI=1S/C13H10Cl2N2O2/c14-9-1-4-11(5-2-9)19-8-13(18)17-10-3-6-12(15)16-7-10/h1-7H,8H2,(H,17,18). The van der Waals surface area contributed by atoms with Gasteiger partial charge in [-0.3, -0.25) is 4.79 Å². The Balaban J connectivity index is 1.84. The van der Waals surface area contributed by atoms with Gasteiger partial charge in [-0.05, 0) is 36.4 Å². The molecular formula is C13H10Cl2N2O2. The summed E-state index contributed by atoms with van der Waals surface area (Å²) in [5.74, 6) is 0.299. The highest BCUT2D eigenvalue weighted by Gasteiger charge is 2.04. The fraction of sp³-hybridized carbons (Fsp3) is 0.0769. The van der Waals surface area contributed by atoms with Crippen LogP contribution in [0.2, 0.25) is 10.2 Å². The molecule has 4 nitrogen and oxygen atoms in total. The molecule has 0 bridgehead atoms. The van der Waals surface area contributed by atoms with E-state index in [0.717, 1.165) is 0 Å². The van der Waals surface area contributed by atoms with E-state index >= 15 is 0 Å². The number of hydrogen-bond donors (Lipinski definition) is 1. The number of amides is 1. The third-order valence-electron chi connectivity index (χ3n) is 2.19. The molecule has 0 atom stereocenters. The molecule has 98 valence electrons. The van der Waals surface area contributed by atoms with Crippen LogP contribution in [0, 0.1) is 0 Å². The molecule has 0 saturated carbocycles. The summed E-state index contributed by atoms with van der Waals surface area (Å²) in [6.07, 6.45) is 1.47. The molecule has 0 saturated heterocycles. The molecule has 0 fully saturated rings. The minimum absolute atomic E-state index is 0.0930. The Hall–Kier alpha value is -1.78. The highest BCUT2D eigenvalue weighted by molar-refractivity contribution is 6.30. The maximum atomic E-state index is 11.6. The van der Waals surface area contributed by atoms with Gasteiger partial charge in [0.25, 0.3) is 5.91 Å². The molecule has 1 aromatic carbocycles. The van der Waals surface area contributed by atoms with E-state index in [1.165, 1.54) is 6.20 Å². The van der Waals surface area contributed by atoms with Crippen molar-refractivity contribution in [3.63, 3.8) is 0 Å². The van der Waals surface area contributed by atoms with Crippen LogP contribution in [0.1, 0.15) is 0 Å². The molecule has 2 rings (SSSR count). The number of benzene rings is 1. The summed E-state index contributed by atoms with van der Waals surface area (Å²) in [5.41, 5.74) is 0.564. The topological polar surface area (TPSA) is 51.2 Å². The second kappa shape index (κ2) is 6.41. The van der Waals surface area contributed by atoms with E-state index in [-0.39, 0.29) is 12.5 Å². The van der Waals surface area contributed by atoms with Crippen molar-refractivity contribution in [1.29, 1.82) is 0 Å². The third kappa shape index (κ3) is 4.43. The molecule has 0 spiro atoms. The van der Waals surface area contributed by atoms with E-state index in [2.05, 4.69) is 10.3 Å². The zero-order valence-corrected chi connectivity index (χ0v) is 11.3. The minimum atomic E-state index is -0.279. The fourth-order valence-electron chi connectivity index (χ4n) is 1.33. The fourth-order valence-corrected chi connectivity index (χ4v) is 1.56. The van der Waals surface area contributed by atoms with E-state index in [4.69, 9.17) is 27.9 Å². The SMILES string of the molecule is O=C(COc1ccc(Cl)cc1)Nc1ccc(Cl)nc1. The summed E-state index contributed by atoms with van der Waals surface area (Å²) in [6, 6.07) is 10.0. The van der Waals surface area contributed by atoms with Gasteiger partial charge in [0.05, 0.1) is 11.9 Å². The largest absolute Gasteiger partial charge is 0.484 e. The molecule has 1 heterocycles. The molecule has 2 aromatic rings. The minimum Gasteiger partial charge on any atom is -0.484 e. The van der Waals surface area contributed by atoms with E-state index in [1.54, 1.807) is 36.4 Å². The number of aromatic nitrogens is 1. The molecule has 19 heavy (non-hydrogen) atoms. The number of carbonyl (C=O) groups is 1. The molecule has 0 unspecified atom stereocenters.